The fourth-order valence-corrected chi connectivity index (χ4v) is 2.03. The fourth-order valence-electron chi connectivity index (χ4n) is 1.78. The van der Waals surface area contributed by atoms with E-state index in [-0.39, 0.29) is 0 Å². The van der Waals surface area contributed by atoms with Gasteiger partial charge in [0.15, 0.2) is 0 Å². The molecule has 1 aromatic heterocycles. The molecule has 0 spiro atoms. The molecule has 2 aromatic rings. The molecule has 17 heavy (non-hydrogen) atoms. The van der Waals surface area contributed by atoms with E-state index in [4.69, 9.17) is 12.2 Å². The van der Waals surface area contributed by atoms with Crippen LogP contribution in [0, 0.1) is 4.64 Å². The Bertz CT molecular complexity index is 531. The summed E-state index contributed by atoms with van der Waals surface area (Å²) in [5.74, 6) is 0.984. The second kappa shape index (κ2) is 5.73. The molecule has 0 fully saturated rings. The minimum atomic E-state index is 0.684. The highest BCUT2D eigenvalue weighted by Gasteiger charge is 1.99. The number of aromatic nitrogens is 2. The predicted octanol–water partition coefficient (Wildman–Crippen LogP) is 3.49. The zero-order valence-electron chi connectivity index (χ0n) is 9.94. The molecule has 0 radical (unpaired) electrons. The van der Waals surface area contributed by atoms with E-state index in [1.807, 2.05) is 12.1 Å². The number of benzene rings is 1. The molecule has 0 amide bonds. The van der Waals surface area contributed by atoms with E-state index in [1.165, 1.54) is 5.56 Å². The van der Waals surface area contributed by atoms with Gasteiger partial charge in [0.2, 0.25) is 0 Å². The summed E-state index contributed by atoms with van der Waals surface area (Å²) in [7, 11) is 0. The topological polar surface area (TPSA) is 28.7 Å². The summed E-state index contributed by atoms with van der Waals surface area (Å²) in [6.07, 6.45) is 2.86. The Kier molecular flexibility index (Phi) is 4.04. The molecule has 0 aliphatic carbocycles. The first kappa shape index (κ1) is 12.0. The van der Waals surface area contributed by atoms with Crippen molar-refractivity contribution >= 4 is 12.2 Å². The van der Waals surface area contributed by atoms with Crippen LogP contribution in [-0.4, -0.2) is 9.97 Å². The number of aromatic amines is 1. The maximum Gasteiger partial charge on any atom is 0.129 e. The van der Waals surface area contributed by atoms with Crippen LogP contribution in [0.15, 0.2) is 36.4 Å². The van der Waals surface area contributed by atoms with Crippen molar-refractivity contribution in [3.8, 4) is 0 Å². The van der Waals surface area contributed by atoms with Crippen LogP contribution in [0.5, 0.6) is 0 Å². The maximum atomic E-state index is 5.15. The van der Waals surface area contributed by atoms with E-state index >= 15 is 0 Å². The number of nitrogens with zero attached hydrogens (tertiary/aromatic N) is 1. The van der Waals surface area contributed by atoms with Crippen molar-refractivity contribution in [3.05, 3.63) is 58.1 Å². The predicted molar refractivity (Wildman–Crippen MR) is 72.6 cm³/mol. The highest BCUT2D eigenvalue weighted by Crippen LogP contribution is 2.05. The van der Waals surface area contributed by atoms with Gasteiger partial charge < -0.3 is 4.98 Å². The lowest BCUT2D eigenvalue weighted by molar-refractivity contribution is 0.828. The van der Waals surface area contributed by atoms with E-state index in [0.717, 1.165) is 30.8 Å². The largest absolute Gasteiger partial charge is 0.347 e. The fraction of sp³-hybridized carbons (Fsp3) is 0.286. The molecule has 0 saturated carbocycles. The first-order valence-corrected chi connectivity index (χ1v) is 6.32. The number of aryl methyl sites for hydroxylation is 3. The average molecular weight is 244 g/mol. The van der Waals surface area contributed by atoms with Crippen LogP contribution in [0.25, 0.3) is 0 Å². The number of rotatable bonds is 4. The van der Waals surface area contributed by atoms with Crippen LogP contribution in [0.1, 0.15) is 24.0 Å². The monoisotopic (exact) mass is 244 g/mol. The van der Waals surface area contributed by atoms with E-state index in [9.17, 15) is 0 Å². The lowest BCUT2D eigenvalue weighted by atomic mass is 10.1. The summed E-state index contributed by atoms with van der Waals surface area (Å²) < 4.78 is 0.684. The highest BCUT2D eigenvalue weighted by molar-refractivity contribution is 7.71. The van der Waals surface area contributed by atoms with Crippen LogP contribution in [0.3, 0.4) is 0 Å². The molecule has 88 valence electrons. The van der Waals surface area contributed by atoms with Crippen molar-refractivity contribution in [3.63, 3.8) is 0 Å². The van der Waals surface area contributed by atoms with Gasteiger partial charge in [-0.25, -0.2) is 4.98 Å². The Morgan fingerprint density at radius 1 is 1.18 bits per heavy atom. The van der Waals surface area contributed by atoms with Gasteiger partial charge in [0.25, 0.3) is 0 Å². The molecule has 1 N–H and O–H groups in total. The molecule has 0 saturated heterocycles. The molecule has 1 aromatic carbocycles. The smallest absolute Gasteiger partial charge is 0.129 e. The van der Waals surface area contributed by atoms with Gasteiger partial charge in [0, 0.05) is 12.1 Å². The number of hydrogen-bond acceptors (Lipinski definition) is 2. The first-order valence-electron chi connectivity index (χ1n) is 5.91. The summed E-state index contributed by atoms with van der Waals surface area (Å²) in [5, 5.41) is 0. The normalized spacial score (nSPS) is 10.4. The third-order valence-electron chi connectivity index (χ3n) is 2.72. The van der Waals surface area contributed by atoms with Gasteiger partial charge in [-0.3, -0.25) is 0 Å². The quantitative estimate of drug-likeness (QED) is 0.834. The van der Waals surface area contributed by atoms with Crippen molar-refractivity contribution in [2.24, 2.45) is 0 Å². The molecule has 3 heteroatoms. The summed E-state index contributed by atoms with van der Waals surface area (Å²) in [6.45, 7) is 2.11. The third-order valence-corrected chi connectivity index (χ3v) is 2.93. The van der Waals surface area contributed by atoms with Crippen LogP contribution in [-0.2, 0) is 19.3 Å². The van der Waals surface area contributed by atoms with Crippen molar-refractivity contribution in [2.75, 3.05) is 0 Å². The minimum Gasteiger partial charge on any atom is -0.347 e. The lowest BCUT2D eigenvalue weighted by Gasteiger charge is -2.04. The molecule has 1 heterocycles. The number of hydrogen-bond donors (Lipinski definition) is 1. The zero-order valence-corrected chi connectivity index (χ0v) is 10.8. The van der Waals surface area contributed by atoms with Crippen LogP contribution in [0.4, 0.5) is 0 Å². The van der Waals surface area contributed by atoms with Crippen molar-refractivity contribution < 1.29 is 0 Å². The molecular weight excluding hydrogens is 228 g/mol. The van der Waals surface area contributed by atoms with Gasteiger partial charge >= 0.3 is 0 Å². The van der Waals surface area contributed by atoms with E-state index in [0.29, 0.717) is 4.64 Å². The van der Waals surface area contributed by atoms with E-state index in [1.54, 1.807) is 0 Å². The van der Waals surface area contributed by atoms with Crippen LogP contribution >= 0.6 is 12.2 Å². The van der Waals surface area contributed by atoms with Crippen molar-refractivity contribution in [2.45, 2.75) is 26.2 Å². The van der Waals surface area contributed by atoms with Gasteiger partial charge in [0.05, 0.1) is 0 Å². The average Bonchev–Trinajstić information content (AvgIpc) is 2.37. The molecule has 0 atom stereocenters. The standard InChI is InChI=1S/C14H16N2S/c1-2-12-10-14(17)16-13(15-12)9-8-11-6-4-3-5-7-11/h3-7,10H,2,8-9H2,1H3,(H,15,16,17). The summed E-state index contributed by atoms with van der Waals surface area (Å²) in [5.41, 5.74) is 2.49. The molecule has 0 aliphatic rings. The number of nitrogens with one attached hydrogen (secondary N) is 1. The van der Waals surface area contributed by atoms with Gasteiger partial charge in [0.1, 0.15) is 10.5 Å². The van der Waals surface area contributed by atoms with E-state index in [2.05, 4.69) is 41.2 Å². The Morgan fingerprint density at radius 3 is 2.65 bits per heavy atom. The number of H-pyrrole nitrogens is 1. The maximum absolute atomic E-state index is 5.15. The second-order valence-electron chi connectivity index (χ2n) is 4.03. The Balaban J connectivity index is 2.09. The lowest BCUT2D eigenvalue weighted by Crippen LogP contribution is -2.01. The second-order valence-corrected chi connectivity index (χ2v) is 4.45. The molecule has 0 aliphatic heterocycles. The first-order chi connectivity index (χ1) is 8.28. The van der Waals surface area contributed by atoms with Gasteiger partial charge in [-0.15, -0.1) is 0 Å². The molecule has 0 bridgehead atoms. The van der Waals surface area contributed by atoms with Gasteiger partial charge in [-0.05, 0) is 24.5 Å². The molecule has 2 rings (SSSR count). The minimum absolute atomic E-state index is 0.684. The summed E-state index contributed by atoms with van der Waals surface area (Å²) in [4.78, 5) is 7.68. The Labute approximate surface area is 107 Å². The van der Waals surface area contributed by atoms with Gasteiger partial charge in [-0.1, -0.05) is 49.5 Å². The molecule has 2 nitrogen and oxygen atoms in total. The Hall–Kier alpha value is -1.48. The molecule has 0 unspecified atom stereocenters. The summed E-state index contributed by atoms with van der Waals surface area (Å²) in [6, 6.07) is 12.4. The van der Waals surface area contributed by atoms with Crippen LogP contribution in [0.2, 0.25) is 0 Å². The highest BCUT2D eigenvalue weighted by atomic mass is 32.1. The summed E-state index contributed by atoms with van der Waals surface area (Å²) >= 11 is 5.15. The van der Waals surface area contributed by atoms with Crippen molar-refractivity contribution in [1.82, 2.24) is 9.97 Å². The SMILES string of the molecule is CCc1cc(=S)nc(CCc2ccccc2)[nH]1. The zero-order chi connectivity index (χ0) is 12.1. The third kappa shape index (κ3) is 3.49. The molecular formula is C14H16N2S. The van der Waals surface area contributed by atoms with Crippen molar-refractivity contribution in [1.29, 1.82) is 0 Å². The van der Waals surface area contributed by atoms with Gasteiger partial charge in [-0.2, -0.15) is 0 Å². The Morgan fingerprint density at radius 2 is 1.94 bits per heavy atom. The van der Waals surface area contributed by atoms with Crippen LogP contribution < -0.4 is 0 Å². The van der Waals surface area contributed by atoms with E-state index < -0.39 is 0 Å².